The predicted molar refractivity (Wildman–Crippen MR) is 81.4 cm³/mol. The number of likely N-dealkylation sites (tertiary alicyclic amines) is 1. The average Bonchev–Trinajstić information content (AvgIpc) is 2.87. The van der Waals surface area contributed by atoms with Gasteiger partial charge in [-0.2, -0.15) is 0 Å². The predicted octanol–water partition coefficient (Wildman–Crippen LogP) is 3.39. The van der Waals surface area contributed by atoms with Gasteiger partial charge < -0.3 is 4.90 Å². The highest BCUT2D eigenvalue weighted by molar-refractivity contribution is 9.10. The third kappa shape index (κ3) is 3.57. The Balaban J connectivity index is 2.41. The molecule has 1 heterocycles. The van der Waals surface area contributed by atoms with E-state index in [2.05, 4.69) is 22.9 Å². The molecule has 0 radical (unpaired) electrons. The highest BCUT2D eigenvalue weighted by atomic mass is 79.9. The molecule has 1 aliphatic heterocycles. The molecule has 0 spiro atoms. The number of benzene rings is 1. The summed E-state index contributed by atoms with van der Waals surface area (Å²) in [5, 5.41) is 0. The number of halogens is 3. The van der Waals surface area contributed by atoms with E-state index in [4.69, 9.17) is 10.7 Å². The van der Waals surface area contributed by atoms with Crippen molar-refractivity contribution in [2.24, 2.45) is 5.92 Å². The van der Waals surface area contributed by atoms with Gasteiger partial charge in [-0.3, -0.25) is 4.79 Å². The van der Waals surface area contributed by atoms with Crippen LogP contribution >= 0.6 is 26.6 Å². The molecular formula is C13H14BrClFNO3S. The molecule has 116 valence electrons. The first-order chi connectivity index (χ1) is 9.74. The first-order valence-corrected chi connectivity index (χ1v) is 9.57. The Morgan fingerprint density at radius 2 is 2.19 bits per heavy atom. The molecule has 8 heteroatoms. The molecule has 0 N–H and O–H groups in total. The second kappa shape index (κ2) is 6.22. The zero-order valence-corrected chi connectivity index (χ0v) is 14.4. The van der Waals surface area contributed by atoms with Crippen molar-refractivity contribution in [3.8, 4) is 0 Å². The highest BCUT2D eigenvalue weighted by Gasteiger charge is 2.29. The molecule has 1 fully saturated rings. The minimum Gasteiger partial charge on any atom is -0.338 e. The van der Waals surface area contributed by atoms with Crippen LogP contribution in [-0.4, -0.2) is 32.3 Å². The SMILES string of the molecule is CCC1CCN(C(=O)c2cc(F)cc(S(=O)(=O)Cl)c2Br)C1. The molecule has 1 aliphatic rings. The van der Waals surface area contributed by atoms with E-state index in [-0.39, 0.29) is 15.9 Å². The minimum absolute atomic E-state index is 0.00356. The summed E-state index contributed by atoms with van der Waals surface area (Å²) in [6, 6.07) is 1.82. The van der Waals surface area contributed by atoms with Crippen LogP contribution in [0.25, 0.3) is 0 Å². The van der Waals surface area contributed by atoms with E-state index >= 15 is 0 Å². The third-order valence-corrected chi connectivity index (χ3v) is 6.11. The van der Waals surface area contributed by atoms with Crippen LogP contribution in [0.15, 0.2) is 21.5 Å². The third-order valence-electron chi connectivity index (χ3n) is 3.65. The quantitative estimate of drug-likeness (QED) is 0.733. The van der Waals surface area contributed by atoms with Gasteiger partial charge in [0.2, 0.25) is 0 Å². The van der Waals surface area contributed by atoms with Crippen LogP contribution in [0.1, 0.15) is 30.1 Å². The van der Waals surface area contributed by atoms with E-state index in [1.807, 2.05) is 0 Å². The Kier molecular flexibility index (Phi) is 4.95. The molecule has 1 unspecified atom stereocenters. The van der Waals surface area contributed by atoms with E-state index in [9.17, 15) is 17.6 Å². The van der Waals surface area contributed by atoms with Gasteiger partial charge in [0.15, 0.2) is 0 Å². The minimum atomic E-state index is -4.14. The summed E-state index contributed by atoms with van der Waals surface area (Å²) in [4.78, 5) is 13.6. The molecular weight excluding hydrogens is 385 g/mol. The van der Waals surface area contributed by atoms with Crippen LogP contribution in [0.4, 0.5) is 4.39 Å². The Bertz CT molecular complexity index is 680. The largest absolute Gasteiger partial charge is 0.338 e. The Morgan fingerprint density at radius 1 is 1.52 bits per heavy atom. The van der Waals surface area contributed by atoms with Crippen molar-refractivity contribution in [1.29, 1.82) is 0 Å². The molecule has 1 atom stereocenters. The fourth-order valence-electron chi connectivity index (χ4n) is 2.42. The summed E-state index contributed by atoms with van der Waals surface area (Å²) in [6.07, 6.45) is 1.87. The van der Waals surface area contributed by atoms with Gasteiger partial charge in [-0.05, 0) is 40.4 Å². The summed E-state index contributed by atoms with van der Waals surface area (Å²) in [6.45, 7) is 3.24. The van der Waals surface area contributed by atoms with Crippen molar-refractivity contribution in [2.45, 2.75) is 24.7 Å². The summed E-state index contributed by atoms with van der Waals surface area (Å²) < 4.78 is 36.5. The van der Waals surface area contributed by atoms with Crippen LogP contribution in [0.3, 0.4) is 0 Å². The molecule has 0 aromatic heterocycles. The van der Waals surface area contributed by atoms with Crippen molar-refractivity contribution < 1.29 is 17.6 Å². The molecule has 1 saturated heterocycles. The second-order valence-corrected chi connectivity index (χ2v) is 8.34. The van der Waals surface area contributed by atoms with E-state index in [0.717, 1.165) is 25.0 Å². The maximum absolute atomic E-state index is 13.6. The molecule has 1 aromatic rings. The number of amides is 1. The number of hydrogen-bond donors (Lipinski definition) is 0. The van der Waals surface area contributed by atoms with Crippen molar-refractivity contribution in [3.05, 3.63) is 28.0 Å². The molecule has 21 heavy (non-hydrogen) atoms. The normalized spacial score (nSPS) is 19.0. The topological polar surface area (TPSA) is 54.5 Å². The lowest BCUT2D eigenvalue weighted by molar-refractivity contribution is 0.0785. The van der Waals surface area contributed by atoms with Gasteiger partial charge in [-0.1, -0.05) is 13.3 Å². The van der Waals surface area contributed by atoms with Crippen molar-refractivity contribution in [1.82, 2.24) is 4.90 Å². The monoisotopic (exact) mass is 397 g/mol. The Hall–Kier alpha value is -0.660. The summed E-state index contributed by atoms with van der Waals surface area (Å²) in [5.74, 6) is -0.775. The van der Waals surface area contributed by atoms with Crippen molar-refractivity contribution in [2.75, 3.05) is 13.1 Å². The van der Waals surface area contributed by atoms with E-state index in [1.54, 1.807) is 4.90 Å². The smallest absolute Gasteiger partial charge is 0.262 e. The van der Waals surface area contributed by atoms with Gasteiger partial charge in [0.25, 0.3) is 15.0 Å². The maximum Gasteiger partial charge on any atom is 0.262 e. The summed E-state index contributed by atoms with van der Waals surface area (Å²) in [5.41, 5.74) is -0.0222. The van der Waals surface area contributed by atoms with Crippen molar-refractivity contribution >= 4 is 41.6 Å². The van der Waals surface area contributed by atoms with Crippen LogP contribution in [0, 0.1) is 11.7 Å². The van der Waals surface area contributed by atoms with Gasteiger partial charge in [0.1, 0.15) is 10.7 Å². The maximum atomic E-state index is 13.6. The zero-order chi connectivity index (χ0) is 15.8. The average molecular weight is 399 g/mol. The molecule has 4 nitrogen and oxygen atoms in total. The molecule has 2 rings (SSSR count). The van der Waals surface area contributed by atoms with E-state index < -0.39 is 19.8 Å². The fourth-order valence-corrected chi connectivity index (χ4v) is 4.68. The van der Waals surface area contributed by atoms with Crippen molar-refractivity contribution in [3.63, 3.8) is 0 Å². The highest BCUT2D eigenvalue weighted by Crippen LogP contribution is 2.31. The summed E-state index contributed by atoms with van der Waals surface area (Å²) in [7, 11) is 1.13. The molecule has 0 saturated carbocycles. The first-order valence-electron chi connectivity index (χ1n) is 6.47. The van der Waals surface area contributed by atoms with Gasteiger partial charge in [0, 0.05) is 23.8 Å². The molecule has 0 aliphatic carbocycles. The molecule has 1 aromatic carbocycles. The number of carbonyl (C=O) groups is 1. The Morgan fingerprint density at radius 3 is 2.71 bits per heavy atom. The van der Waals surface area contributed by atoms with Crippen LogP contribution in [0.5, 0.6) is 0 Å². The van der Waals surface area contributed by atoms with Gasteiger partial charge in [-0.25, -0.2) is 12.8 Å². The standard InChI is InChI=1S/C13H14BrClFNO3S/c1-2-8-3-4-17(7-8)13(18)10-5-9(16)6-11(12(10)14)21(15,19)20/h5-6,8H,2-4,7H2,1H3. The zero-order valence-electron chi connectivity index (χ0n) is 11.3. The molecule has 1 amide bonds. The lowest BCUT2D eigenvalue weighted by Gasteiger charge is -2.18. The van der Waals surface area contributed by atoms with Crippen LogP contribution in [0.2, 0.25) is 0 Å². The number of hydrogen-bond acceptors (Lipinski definition) is 3. The number of carbonyl (C=O) groups excluding carboxylic acids is 1. The van der Waals surface area contributed by atoms with Gasteiger partial charge in [0.05, 0.1) is 10.0 Å². The summed E-state index contributed by atoms with van der Waals surface area (Å²) >= 11 is 3.05. The fraction of sp³-hybridized carbons (Fsp3) is 0.462. The van der Waals surface area contributed by atoms with Gasteiger partial charge in [-0.15, -0.1) is 0 Å². The first kappa shape index (κ1) is 16.7. The van der Waals surface area contributed by atoms with E-state index in [0.29, 0.717) is 19.0 Å². The van der Waals surface area contributed by atoms with Crippen LogP contribution in [-0.2, 0) is 9.05 Å². The number of rotatable bonds is 3. The van der Waals surface area contributed by atoms with Crippen LogP contribution < -0.4 is 0 Å². The number of nitrogens with zero attached hydrogens (tertiary/aromatic N) is 1. The lowest BCUT2D eigenvalue weighted by atomic mass is 10.1. The second-order valence-electron chi connectivity index (χ2n) is 5.02. The van der Waals surface area contributed by atoms with E-state index in [1.165, 1.54) is 0 Å². The Labute approximate surface area is 135 Å². The molecule has 0 bridgehead atoms. The lowest BCUT2D eigenvalue weighted by Crippen LogP contribution is -2.29. The van der Waals surface area contributed by atoms with Gasteiger partial charge >= 0.3 is 0 Å².